The molecule has 2 heterocycles. The lowest BCUT2D eigenvalue weighted by molar-refractivity contribution is 0.0626. The Morgan fingerprint density at radius 1 is 1.07 bits per heavy atom. The van der Waals surface area contributed by atoms with E-state index in [1.54, 1.807) is 18.2 Å². The predicted octanol–water partition coefficient (Wildman–Crippen LogP) is 3.78. The summed E-state index contributed by atoms with van der Waals surface area (Å²) >= 11 is 0. The van der Waals surface area contributed by atoms with Gasteiger partial charge in [-0.15, -0.1) is 0 Å². The Labute approximate surface area is 171 Å². The average Bonchev–Trinajstić information content (AvgIpc) is 2.72. The minimum absolute atomic E-state index is 0.0545. The van der Waals surface area contributed by atoms with Crippen LogP contribution in [-0.4, -0.2) is 53.4 Å². The minimum Gasteiger partial charge on any atom is -0.490 e. The highest BCUT2D eigenvalue weighted by Crippen LogP contribution is 2.33. The van der Waals surface area contributed by atoms with E-state index in [9.17, 15) is 9.59 Å². The molecule has 0 spiro atoms. The van der Waals surface area contributed by atoms with Crippen LogP contribution in [0.25, 0.3) is 0 Å². The fraction of sp³-hybridized carbons (Fsp3) is 0.391. The number of hydrogen-bond donors (Lipinski definition) is 1. The second-order valence-corrected chi connectivity index (χ2v) is 7.90. The maximum Gasteiger partial charge on any atom is 0.322 e. The number of hydrogen-bond acceptors (Lipinski definition) is 4. The maximum atomic E-state index is 13.0. The van der Waals surface area contributed by atoms with Crippen molar-refractivity contribution < 1.29 is 14.3 Å². The van der Waals surface area contributed by atoms with Gasteiger partial charge in [-0.05, 0) is 31.5 Å². The molecule has 2 aromatic carbocycles. The Kier molecular flexibility index (Phi) is 5.53. The lowest BCUT2D eigenvalue weighted by Gasteiger charge is -2.44. The number of nitrogens with one attached hydrogen (secondary N) is 1. The SMILES string of the molecule is CC1CN(C(=O)Nc2cccc3c2OCCC3=O)C(C)CN1Cc1ccccc1. The van der Waals surface area contributed by atoms with Gasteiger partial charge in [0.2, 0.25) is 0 Å². The number of para-hydroxylation sites is 1. The van der Waals surface area contributed by atoms with Crippen LogP contribution in [0.2, 0.25) is 0 Å². The summed E-state index contributed by atoms with van der Waals surface area (Å²) in [5, 5.41) is 2.97. The van der Waals surface area contributed by atoms with Crippen LogP contribution in [0, 0.1) is 0 Å². The molecule has 2 aliphatic rings. The van der Waals surface area contributed by atoms with Crippen molar-refractivity contribution >= 4 is 17.5 Å². The van der Waals surface area contributed by atoms with Gasteiger partial charge in [0.05, 0.1) is 17.9 Å². The summed E-state index contributed by atoms with van der Waals surface area (Å²) in [6.07, 6.45) is 0.377. The van der Waals surface area contributed by atoms with Gasteiger partial charge < -0.3 is 15.0 Å². The molecule has 1 fully saturated rings. The number of anilines is 1. The first-order valence-electron chi connectivity index (χ1n) is 10.2. The van der Waals surface area contributed by atoms with E-state index in [0.29, 0.717) is 36.6 Å². The summed E-state index contributed by atoms with van der Waals surface area (Å²) < 4.78 is 5.68. The van der Waals surface area contributed by atoms with Crippen molar-refractivity contribution in [3.8, 4) is 5.75 Å². The van der Waals surface area contributed by atoms with E-state index in [1.807, 2.05) is 11.0 Å². The molecule has 2 unspecified atom stereocenters. The first kappa shape index (κ1) is 19.5. The number of ether oxygens (including phenoxy) is 1. The van der Waals surface area contributed by atoms with Gasteiger partial charge in [0.25, 0.3) is 0 Å². The summed E-state index contributed by atoms with van der Waals surface area (Å²) in [5.41, 5.74) is 2.39. The number of amides is 2. The number of rotatable bonds is 3. The molecule has 2 amide bonds. The van der Waals surface area contributed by atoms with Gasteiger partial charge in [0, 0.05) is 38.1 Å². The molecule has 152 valence electrons. The molecule has 0 aromatic heterocycles. The van der Waals surface area contributed by atoms with Crippen molar-refractivity contribution in [2.75, 3.05) is 25.0 Å². The summed E-state index contributed by atoms with van der Waals surface area (Å²) in [6.45, 7) is 6.92. The van der Waals surface area contributed by atoms with Crippen LogP contribution in [0.3, 0.4) is 0 Å². The molecule has 1 saturated heterocycles. The highest BCUT2D eigenvalue weighted by atomic mass is 16.5. The Bertz CT molecular complexity index is 899. The molecule has 6 nitrogen and oxygen atoms in total. The molecule has 0 aliphatic carbocycles. The van der Waals surface area contributed by atoms with Crippen molar-refractivity contribution in [1.29, 1.82) is 0 Å². The van der Waals surface area contributed by atoms with Gasteiger partial charge in [-0.3, -0.25) is 9.69 Å². The van der Waals surface area contributed by atoms with E-state index in [1.165, 1.54) is 5.56 Å². The molecule has 4 rings (SSSR count). The van der Waals surface area contributed by atoms with Gasteiger partial charge >= 0.3 is 6.03 Å². The number of Topliss-reactive ketones (excluding diaryl/α,β-unsaturated/α-hetero) is 1. The van der Waals surface area contributed by atoms with Gasteiger partial charge in [0.1, 0.15) is 0 Å². The highest BCUT2D eigenvalue weighted by molar-refractivity contribution is 6.03. The molecule has 2 atom stereocenters. The van der Waals surface area contributed by atoms with Crippen LogP contribution < -0.4 is 10.1 Å². The first-order chi connectivity index (χ1) is 14.0. The fourth-order valence-corrected chi connectivity index (χ4v) is 4.10. The lowest BCUT2D eigenvalue weighted by atomic mass is 10.0. The predicted molar refractivity (Wildman–Crippen MR) is 112 cm³/mol. The van der Waals surface area contributed by atoms with E-state index in [2.05, 4.69) is 48.3 Å². The smallest absolute Gasteiger partial charge is 0.322 e. The third-order valence-corrected chi connectivity index (χ3v) is 5.74. The number of urea groups is 1. The molecule has 1 N–H and O–H groups in total. The number of benzene rings is 2. The molecule has 0 saturated carbocycles. The quantitative estimate of drug-likeness (QED) is 0.862. The Hall–Kier alpha value is -2.86. The molecule has 29 heavy (non-hydrogen) atoms. The molecule has 2 aromatic rings. The number of piperazine rings is 1. The topological polar surface area (TPSA) is 61.9 Å². The number of ketones is 1. The average molecular weight is 393 g/mol. The van der Waals surface area contributed by atoms with Crippen LogP contribution in [0.5, 0.6) is 5.75 Å². The van der Waals surface area contributed by atoms with E-state index >= 15 is 0 Å². The summed E-state index contributed by atoms with van der Waals surface area (Å²) in [6, 6.07) is 15.9. The minimum atomic E-state index is -0.154. The third-order valence-electron chi connectivity index (χ3n) is 5.74. The highest BCUT2D eigenvalue weighted by Gasteiger charge is 2.32. The van der Waals surface area contributed by atoms with E-state index in [-0.39, 0.29) is 23.9 Å². The van der Waals surface area contributed by atoms with Crippen molar-refractivity contribution in [2.45, 2.75) is 38.9 Å². The molecule has 0 radical (unpaired) electrons. The van der Waals surface area contributed by atoms with Crippen molar-refractivity contribution in [3.63, 3.8) is 0 Å². The number of nitrogens with zero attached hydrogens (tertiary/aromatic N) is 2. The summed E-state index contributed by atoms with van der Waals surface area (Å²) in [5.74, 6) is 0.541. The molecule has 2 aliphatic heterocycles. The Balaban J connectivity index is 1.44. The molecule has 0 bridgehead atoms. The maximum absolute atomic E-state index is 13.0. The zero-order valence-corrected chi connectivity index (χ0v) is 16.9. The molecular weight excluding hydrogens is 366 g/mol. The van der Waals surface area contributed by atoms with E-state index in [0.717, 1.165) is 13.1 Å². The molecule has 6 heteroatoms. The van der Waals surface area contributed by atoms with E-state index < -0.39 is 0 Å². The van der Waals surface area contributed by atoms with Gasteiger partial charge in [-0.1, -0.05) is 36.4 Å². The number of fused-ring (bicyclic) bond motifs is 1. The lowest BCUT2D eigenvalue weighted by Crippen LogP contribution is -2.58. The van der Waals surface area contributed by atoms with Crippen molar-refractivity contribution in [3.05, 3.63) is 59.7 Å². The van der Waals surface area contributed by atoms with Crippen LogP contribution in [-0.2, 0) is 6.54 Å². The standard InChI is InChI=1S/C23H27N3O3/c1-16-14-26(17(2)13-25(16)15-18-7-4-3-5-8-18)23(28)24-20-10-6-9-19-21(27)11-12-29-22(19)20/h3-10,16-17H,11-15H2,1-2H3,(H,24,28). The number of carbonyl (C=O) groups excluding carboxylic acids is 2. The summed E-state index contributed by atoms with van der Waals surface area (Å²) in [7, 11) is 0. The summed E-state index contributed by atoms with van der Waals surface area (Å²) in [4.78, 5) is 29.4. The van der Waals surface area contributed by atoms with Crippen LogP contribution in [0.1, 0.15) is 36.2 Å². The molecular formula is C23H27N3O3. The normalized spacial score (nSPS) is 22.0. The zero-order chi connectivity index (χ0) is 20.4. The first-order valence-corrected chi connectivity index (χ1v) is 10.2. The second kappa shape index (κ2) is 8.25. The largest absolute Gasteiger partial charge is 0.490 e. The monoisotopic (exact) mass is 393 g/mol. The fourth-order valence-electron chi connectivity index (χ4n) is 4.10. The van der Waals surface area contributed by atoms with Gasteiger partial charge in [-0.2, -0.15) is 0 Å². The van der Waals surface area contributed by atoms with Gasteiger partial charge in [0.15, 0.2) is 11.5 Å². The van der Waals surface area contributed by atoms with Crippen molar-refractivity contribution in [2.24, 2.45) is 0 Å². The van der Waals surface area contributed by atoms with Crippen LogP contribution in [0.4, 0.5) is 10.5 Å². The Morgan fingerprint density at radius 2 is 1.86 bits per heavy atom. The third kappa shape index (κ3) is 4.12. The van der Waals surface area contributed by atoms with Crippen molar-refractivity contribution in [1.82, 2.24) is 9.80 Å². The Morgan fingerprint density at radius 3 is 2.66 bits per heavy atom. The number of carbonyl (C=O) groups is 2. The van der Waals surface area contributed by atoms with Gasteiger partial charge in [-0.25, -0.2) is 4.79 Å². The zero-order valence-electron chi connectivity index (χ0n) is 16.9. The van der Waals surface area contributed by atoms with Crippen LogP contribution in [0.15, 0.2) is 48.5 Å². The second-order valence-electron chi connectivity index (χ2n) is 7.90. The van der Waals surface area contributed by atoms with Crippen LogP contribution >= 0.6 is 0 Å². The van der Waals surface area contributed by atoms with E-state index in [4.69, 9.17) is 4.74 Å².